The van der Waals surface area contributed by atoms with E-state index in [2.05, 4.69) is 26.0 Å². The van der Waals surface area contributed by atoms with Gasteiger partial charge in [-0.05, 0) is 92.0 Å². The Bertz CT molecular complexity index is 1480. The van der Waals surface area contributed by atoms with Crippen LogP contribution in [0.3, 0.4) is 0 Å². The summed E-state index contributed by atoms with van der Waals surface area (Å²) in [6.07, 6.45) is 6.84. The van der Waals surface area contributed by atoms with E-state index in [1.807, 2.05) is 6.92 Å². The van der Waals surface area contributed by atoms with Crippen molar-refractivity contribution >= 4 is 28.9 Å². The van der Waals surface area contributed by atoms with E-state index in [-0.39, 0.29) is 52.1 Å². The number of hydrogen-bond donors (Lipinski definition) is 1. The van der Waals surface area contributed by atoms with Crippen LogP contribution < -0.4 is 0 Å². The van der Waals surface area contributed by atoms with E-state index in [0.29, 0.717) is 42.3 Å². The number of fused-ring (bicyclic) bond motifs is 6. The minimum absolute atomic E-state index is 0.00715. The Balaban J connectivity index is 1.38. The molecule has 4 aliphatic carbocycles. The smallest absolute Gasteiger partial charge is 0.305 e. The van der Waals surface area contributed by atoms with E-state index < -0.39 is 6.10 Å². The van der Waals surface area contributed by atoms with Gasteiger partial charge < -0.3 is 9.84 Å². The Morgan fingerprint density at radius 1 is 1.24 bits per heavy atom. The molecule has 0 unspecified atom stereocenters. The Hall–Kier alpha value is -2.96. The first-order chi connectivity index (χ1) is 20.1. The molecule has 0 spiro atoms. The molecular formula is C33H38FN3O4S. The summed E-state index contributed by atoms with van der Waals surface area (Å²) < 4.78 is 21.4. The molecule has 0 saturated heterocycles. The normalized spacial score (nSPS) is 33.0. The van der Waals surface area contributed by atoms with Crippen molar-refractivity contribution in [3.63, 3.8) is 0 Å². The second-order valence-electron chi connectivity index (χ2n) is 12.9. The summed E-state index contributed by atoms with van der Waals surface area (Å²) in [5.41, 5.74) is 3.37. The minimum Gasteiger partial charge on any atom is -0.462 e. The summed E-state index contributed by atoms with van der Waals surface area (Å²) in [6.45, 7) is 6.25. The van der Waals surface area contributed by atoms with Gasteiger partial charge in [0, 0.05) is 29.6 Å². The van der Waals surface area contributed by atoms with Gasteiger partial charge in [0.2, 0.25) is 5.12 Å². The predicted octanol–water partition coefficient (Wildman–Crippen LogP) is 6.27. The molecule has 0 aliphatic heterocycles. The molecule has 9 heteroatoms. The maximum absolute atomic E-state index is 13.8. The van der Waals surface area contributed by atoms with Crippen molar-refractivity contribution < 1.29 is 23.8 Å². The number of hydrogen-bond acceptors (Lipinski definition) is 7. The van der Waals surface area contributed by atoms with Gasteiger partial charge in [0.05, 0.1) is 23.6 Å². The molecule has 1 N–H and O–H groups in total. The number of benzene rings is 1. The van der Waals surface area contributed by atoms with E-state index >= 15 is 0 Å². The van der Waals surface area contributed by atoms with Gasteiger partial charge in [-0.1, -0.05) is 38.1 Å². The number of halogens is 1. The lowest BCUT2D eigenvalue weighted by Crippen LogP contribution is -2.57. The van der Waals surface area contributed by atoms with Gasteiger partial charge in [-0.15, -0.1) is 0 Å². The molecule has 3 saturated carbocycles. The maximum Gasteiger partial charge on any atom is 0.305 e. The van der Waals surface area contributed by atoms with Crippen LogP contribution >= 0.6 is 11.8 Å². The number of ether oxygens (including phenoxy) is 1. The monoisotopic (exact) mass is 591 g/mol. The lowest BCUT2D eigenvalue weighted by Gasteiger charge is -2.59. The second kappa shape index (κ2) is 10.9. The number of carbonyl (C=O) groups excluding carboxylic acids is 2. The third-order valence-corrected chi connectivity index (χ3v) is 11.6. The van der Waals surface area contributed by atoms with E-state index in [4.69, 9.17) is 15.1 Å². The zero-order valence-corrected chi connectivity index (χ0v) is 25.3. The number of esters is 1. The molecule has 42 heavy (non-hydrogen) atoms. The number of carbonyl (C=O) groups is 2. The average molecular weight is 592 g/mol. The zero-order valence-electron chi connectivity index (χ0n) is 24.4. The van der Waals surface area contributed by atoms with Crippen LogP contribution in [0, 0.1) is 45.7 Å². The van der Waals surface area contributed by atoms with Crippen molar-refractivity contribution in [2.45, 2.75) is 84.3 Å². The Labute approximate surface area is 250 Å². The van der Waals surface area contributed by atoms with Gasteiger partial charge in [0.25, 0.3) is 0 Å². The molecule has 0 radical (unpaired) electrons. The molecule has 4 aliphatic rings. The molecule has 7 nitrogen and oxygen atoms in total. The number of aliphatic hydroxyl groups is 1. The number of aliphatic hydroxyl groups excluding tert-OH is 1. The lowest BCUT2D eigenvalue weighted by molar-refractivity contribution is -0.169. The number of allylic oxidation sites excluding steroid dienone is 1. The first-order valence-electron chi connectivity index (χ1n) is 15.1. The molecule has 1 aromatic heterocycles. The molecule has 1 aromatic carbocycles. The first kappa shape index (κ1) is 29.1. The van der Waals surface area contributed by atoms with Crippen LogP contribution in [0.25, 0.3) is 11.8 Å². The highest BCUT2D eigenvalue weighted by Crippen LogP contribution is 2.66. The minimum atomic E-state index is -0.566. The fourth-order valence-electron chi connectivity index (χ4n) is 8.85. The summed E-state index contributed by atoms with van der Waals surface area (Å²) in [5.74, 6) is 0.507. The van der Waals surface area contributed by atoms with Crippen molar-refractivity contribution in [2.24, 2.45) is 28.6 Å². The fourth-order valence-corrected chi connectivity index (χ4v) is 9.53. The van der Waals surface area contributed by atoms with Gasteiger partial charge in [-0.2, -0.15) is 10.4 Å². The largest absolute Gasteiger partial charge is 0.462 e. The second-order valence-corrected chi connectivity index (χ2v) is 14.0. The van der Waals surface area contributed by atoms with Crippen LogP contribution in [-0.2, 0) is 16.0 Å². The summed E-state index contributed by atoms with van der Waals surface area (Å²) in [4.78, 5) is 25.7. The van der Waals surface area contributed by atoms with E-state index in [1.165, 1.54) is 17.7 Å². The highest BCUT2D eigenvalue weighted by atomic mass is 32.2. The Morgan fingerprint density at radius 3 is 2.71 bits per heavy atom. The molecule has 0 amide bonds. The van der Waals surface area contributed by atoms with Gasteiger partial charge in [0.15, 0.2) is 0 Å². The number of nitrogens with zero attached hydrogens (tertiary/aromatic N) is 3. The van der Waals surface area contributed by atoms with Crippen LogP contribution in [0.4, 0.5) is 4.39 Å². The molecule has 0 bridgehead atoms. The summed E-state index contributed by atoms with van der Waals surface area (Å²) in [7, 11) is 0. The standard InChI is InChI=1S/C33H38FN3O4S/c1-4-28(39)41-27-13-12-24-22-11-6-19-16-25-23(17-32(19,2)29(22)26(38)18-33(24,27)3)30(31(40)42-15-5-14-35)36-37(25)21-9-7-20(34)8-10-21/h7-10,16,22,24,26-27,29,38H,4-6,11-13,15,17-18H2,1-3H3/t22-,24-,26-,27+,29+,32-,33-/m0/s1. The van der Waals surface area contributed by atoms with Gasteiger partial charge in [-0.25, -0.2) is 9.07 Å². The Morgan fingerprint density at radius 2 is 2.00 bits per heavy atom. The molecule has 1 heterocycles. The van der Waals surface area contributed by atoms with Crippen LogP contribution in [-0.4, -0.2) is 43.9 Å². The van der Waals surface area contributed by atoms with E-state index in [1.54, 1.807) is 16.8 Å². The average Bonchev–Trinajstić information content (AvgIpc) is 3.48. The first-order valence-corrected chi connectivity index (χ1v) is 16.1. The maximum atomic E-state index is 13.8. The zero-order chi connectivity index (χ0) is 29.8. The van der Waals surface area contributed by atoms with Crippen LogP contribution in [0.1, 0.15) is 87.5 Å². The number of aromatic nitrogens is 2. The molecule has 7 atom stereocenters. The van der Waals surface area contributed by atoms with Gasteiger partial charge >= 0.3 is 5.97 Å². The fraction of sp³-hybridized carbons (Fsp3) is 0.576. The summed E-state index contributed by atoms with van der Waals surface area (Å²) >= 11 is 1.10. The van der Waals surface area contributed by atoms with Crippen molar-refractivity contribution in [1.82, 2.24) is 9.78 Å². The molecule has 3 fully saturated rings. The van der Waals surface area contributed by atoms with Crippen molar-refractivity contribution in [1.29, 1.82) is 5.26 Å². The number of nitriles is 1. The third-order valence-electron chi connectivity index (χ3n) is 10.7. The van der Waals surface area contributed by atoms with Crippen molar-refractivity contribution in [2.75, 3.05) is 5.75 Å². The molecule has 222 valence electrons. The van der Waals surface area contributed by atoms with Crippen LogP contribution in [0.15, 0.2) is 29.8 Å². The van der Waals surface area contributed by atoms with E-state index in [0.717, 1.165) is 48.7 Å². The third kappa shape index (κ3) is 4.62. The summed E-state index contributed by atoms with van der Waals surface area (Å²) in [5, 5.41) is 25.5. The van der Waals surface area contributed by atoms with Crippen molar-refractivity contribution in [3.05, 3.63) is 52.6 Å². The SMILES string of the molecule is CCC(=O)O[C@@H]1CC[C@H]2[C@@H]3CCC4=Cc5c(c(C(=O)SCCC#N)nn5-c5ccc(F)cc5)C[C@]4(C)[C@H]3[C@@H](O)C[C@]12C. The molecular weight excluding hydrogens is 553 g/mol. The van der Waals surface area contributed by atoms with E-state index in [9.17, 15) is 19.1 Å². The topological polar surface area (TPSA) is 105 Å². The highest BCUT2D eigenvalue weighted by Gasteiger charge is 2.63. The Kier molecular flexibility index (Phi) is 7.59. The van der Waals surface area contributed by atoms with Gasteiger partial charge in [0.1, 0.15) is 17.6 Å². The molecule has 6 rings (SSSR count). The molecule has 2 aromatic rings. The quantitative estimate of drug-likeness (QED) is 0.312. The predicted molar refractivity (Wildman–Crippen MR) is 158 cm³/mol. The highest BCUT2D eigenvalue weighted by molar-refractivity contribution is 8.14. The van der Waals surface area contributed by atoms with Crippen LogP contribution in [0.2, 0.25) is 0 Å². The number of thioether (sulfide) groups is 1. The van der Waals surface area contributed by atoms with Gasteiger partial charge in [-0.3, -0.25) is 9.59 Å². The number of rotatable bonds is 6. The lowest BCUT2D eigenvalue weighted by atomic mass is 9.46. The summed E-state index contributed by atoms with van der Waals surface area (Å²) in [6, 6.07) is 8.20. The van der Waals surface area contributed by atoms with Crippen molar-refractivity contribution in [3.8, 4) is 11.8 Å². The van der Waals surface area contributed by atoms with Crippen LogP contribution in [0.5, 0.6) is 0 Å².